The molecule has 152 valence electrons. The fraction of sp³-hybridized carbons (Fsp3) is 1.00. The lowest BCUT2D eigenvalue weighted by Gasteiger charge is -2.24. The smallest absolute Gasteiger partial charge is 0.294 e. The van der Waals surface area contributed by atoms with E-state index in [1.807, 2.05) is 0 Å². The minimum atomic E-state index is -4.39. The lowest BCUT2D eigenvalue weighted by Crippen LogP contribution is -2.38. The Balaban J connectivity index is 3.49. The summed E-state index contributed by atoms with van der Waals surface area (Å²) in [6, 6.07) is 0. The minimum absolute atomic E-state index is 0.101. The Bertz CT molecular complexity index is 395. The molecule has 0 radical (unpaired) electrons. The third kappa shape index (κ3) is 12.8. The largest absolute Gasteiger partial charge is 0.372 e. The molecule has 0 saturated heterocycles. The molecule has 1 unspecified atom stereocenters. The van der Waals surface area contributed by atoms with E-state index in [4.69, 9.17) is 0 Å². The van der Waals surface area contributed by atoms with Gasteiger partial charge in [0.2, 0.25) is 0 Å². The van der Waals surface area contributed by atoms with Crippen LogP contribution in [0.5, 0.6) is 0 Å². The van der Waals surface area contributed by atoms with Gasteiger partial charge in [0, 0.05) is 0 Å². The van der Waals surface area contributed by atoms with Gasteiger partial charge >= 0.3 is 0 Å². The topological polar surface area (TPSA) is 74.6 Å². The highest BCUT2D eigenvalue weighted by molar-refractivity contribution is 7.87. The van der Waals surface area contributed by atoms with Crippen LogP contribution >= 0.6 is 0 Å². The van der Waals surface area contributed by atoms with Crippen molar-refractivity contribution in [3.63, 3.8) is 0 Å². The SMILES string of the molecule is CCCCCCCCCCCCCCCCC(O)(CCC)S(=O)(=O)O. The Morgan fingerprint density at radius 2 is 0.960 bits per heavy atom. The van der Waals surface area contributed by atoms with Crippen LogP contribution in [0.4, 0.5) is 0 Å². The monoisotopic (exact) mass is 378 g/mol. The molecule has 25 heavy (non-hydrogen) atoms. The van der Waals surface area contributed by atoms with Crippen molar-refractivity contribution in [3.8, 4) is 0 Å². The minimum Gasteiger partial charge on any atom is -0.372 e. The van der Waals surface area contributed by atoms with Crippen molar-refractivity contribution in [1.29, 1.82) is 0 Å². The second-order valence-electron chi connectivity index (χ2n) is 7.52. The van der Waals surface area contributed by atoms with Crippen LogP contribution in [0.3, 0.4) is 0 Å². The van der Waals surface area contributed by atoms with Gasteiger partial charge in [-0.2, -0.15) is 8.42 Å². The van der Waals surface area contributed by atoms with Crippen molar-refractivity contribution in [2.24, 2.45) is 0 Å². The van der Waals surface area contributed by atoms with Crippen LogP contribution in [0.2, 0.25) is 0 Å². The third-order valence-corrected chi connectivity index (χ3v) is 6.41. The van der Waals surface area contributed by atoms with Crippen LogP contribution in [0.1, 0.15) is 123 Å². The molecule has 2 N–H and O–H groups in total. The summed E-state index contributed by atoms with van der Waals surface area (Å²) in [6.07, 6.45) is 18.0. The molecule has 4 nitrogen and oxygen atoms in total. The van der Waals surface area contributed by atoms with Gasteiger partial charge in [0.1, 0.15) is 0 Å². The van der Waals surface area contributed by atoms with E-state index in [0.717, 1.165) is 12.8 Å². The Labute approximate surface area is 156 Å². The van der Waals surface area contributed by atoms with E-state index in [1.54, 1.807) is 6.92 Å². The molecule has 1 atom stereocenters. The zero-order valence-electron chi connectivity index (χ0n) is 16.6. The zero-order chi connectivity index (χ0) is 19.0. The van der Waals surface area contributed by atoms with Crippen molar-refractivity contribution in [2.75, 3.05) is 0 Å². The average Bonchev–Trinajstić information content (AvgIpc) is 2.54. The summed E-state index contributed by atoms with van der Waals surface area (Å²) >= 11 is 0. The first-order chi connectivity index (χ1) is 11.9. The molecule has 0 aliphatic carbocycles. The molecule has 0 rings (SSSR count). The molecular weight excluding hydrogens is 336 g/mol. The van der Waals surface area contributed by atoms with Crippen molar-refractivity contribution in [2.45, 2.75) is 128 Å². The van der Waals surface area contributed by atoms with Crippen molar-refractivity contribution in [1.82, 2.24) is 0 Å². The van der Waals surface area contributed by atoms with Crippen LogP contribution in [-0.2, 0) is 10.1 Å². The number of hydrogen-bond acceptors (Lipinski definition) is 3. The van der Waals surface area contributed by atoms with E-state index in [-0.39, 0.29) is 12.8 Å². The van der Waals surface area contributed by atoms with Gasteiger partial charge < -0.3 is 5.11 Å². The fourth-order valence-corrected chi connectivity index (χ4v) is 4.23. The predicted octanol–water partition coefficient (Wildman–Crippen LogP) is 6.23. The normalized spacial score (nSPS) is 14.6. The van der Waals surface area contributed by atoms with E-state index in [0.29, 0.717) is 12.8 Å². The molecular formula is C20H42O4S. The highest BCUT2D eigenvalue weighted by Crippen LogP contribution is 2.26. The van der Waals surface area contributed by atoms with Gasteiger partial charge in [0.15, 0.2) is 4.93 Å². The first kappa shape index (κ1) is 24.9. The molecule has 0 bridgehead atoms. The highest BCUT2D eigenvalue weighted by atomic mass is 32.2. The zero-order valence-corrected chi connectivity index (χ0v) is 17.5. The molecule has 0 aliphatic heterocycles. The maximum absolute atomic E-state index is 11.3. The van der Waals surface area contributed by atoms with Crippen LogP contribution in [0.25, 0.3) is 0 Å². The van der Waals surface area contributed by atoms with E-state index in [9.17, 15) is 18.1 Å². The van der Waals surface area contributed by atoms with Crippen molar-refractivity contribution >= 4 is 10.1 Å². The maximum Gasteiger partial charge on any atom is 0.294 e. The Kier molecular flexibility index (Phi) is 14.9. The van der Waals surface area contributed by atoms with E-state index in [1.165, 1.54) is 70.6 Å². The summed E-state index contributed by atoms with van der Waals surface area (Å²) in [7, 11) is -4.39. The molecule has 0 aromatic carbocycles. The Morgan fingerprint density at radius 3 is 1.28 bits per heavy atom. The average molecular weight is 379 g/mol. The third-order valence-electron chi connectivity index (χ3n) is 5.04. The summed E-state index contributed by atoms with van der Waals surface area (Å²) in [5.41, 5.74) is 0. The Morgan fingerprint density at radius 1 is 0.600 bits per heavy atom. The van der Waals surface area contributed by atoms with Gasteiger partial charge in [0.05, 0.1) is 0 Å². The molecule has 0 amide bonds. The van der Waals surface area contributed by atoms with Crippen LogP contribution in [-0.4, -0.2) is 23.0 Å². The van der Waals surface area contributed by atoms with Gasteiger partial charge in [-0.3, -0.25) is 4.55 Å². The highest BCUT2D eigenvalue weighted by Gasteiger charge is 2.38. The van der Waals surface area contributed by atoms with Gasteiger partial charge in [-0.25, -0.2) is 0 Å². The lowest BCUT2D eigenvalue weighted by molar-refractivity contribution is 0.0906. The van der Waals surface area contributed by atoms with Crippen molar-refractivity contribution in [3.05, 3.63) is 0 Å². The second-order valence-corrected chi connectivity index (χ2v) is 9.23. The predicted molar refractivity (Wildman–Crippen MR) is 106 cm³/mol. The molecule has 0 aromatic heterocycles. The number of rotatable bonds is 18. The molecule has 0 aliphatic rings. The molecule has 5 heteroatoms. The molecule has 0 aromatic rings. The number of hydrogen-bond donors (Lipinski definition) is 2. The summed E-state index contributed by atoms with van der Waals surface area (Å²) in [5.74, 6) is 0. The van der Waals surface area contributed by atoms with E-state index < -0.39 is 15.1 Å². The van der Waals surface area contributed by atoms with E-state index in [2.05, 4.69) is 6.92 Å². The first-order valence-electron chi connectivity index (χ1n) is 10.6. The quantitative estimate of drug-likeness (QED) is 0.219. The van der Waals surface area contributed by atoms with Gasteiger partial charge in [-0.1, -0.05) is 104 Å². The number of aliphatic hydroxyl groups is 1. The number of unbranched alkanes of at least 4 members (excludes halogenated alkanes) is 13. The van der Waals surface area contributed by atoms with Crippen LogP contribution in [0.15, 0.2) is 0 Å². The van der Waals surface area contributed by atoms with Crippen molar-refractivity contribution < 1.29 is 18.1 Å². The second kappa shape index (κ2) is 15.0. The van der Waals surface area contributed by atoms with Crippen LogP contribution < -0.4 is 0 Å². The molecule has 0 saturated carbocycles. The standard InChI is InChI=1S/C20H42O4S/c1-3-5-6-7-8-9-10-11-12-13-14-15-16-17-19-20(21,18-4-2)25(22,23)24/h21H,3-19H2,1-2H3,(H,22,23,24). The van der Waals surface area contributed by atoms with Crippen LogP contribution in [0, 0.1) is 0 Å². The summed E-state index contributed by atoms with van der Waals surface area (Å²) < 4.78 is 31.8. The Hall–Kier alpha value is -0.130. The van der Waals surface area contributed by atoms with Gasteiger partial charge in [0.25, 0.3) is 10.1 Å². The first-order valence-corrected chi connectivity index (χ1v) is 12.0. The van der Waals surface area contributed by atoms with Gasteiger partial charge in [-0.05, 0) is 19.3 Å². The molecule has 0 heterocycles. The lowest BCUT2D eigenvalue weighted by atomic mass is 10.0. The fourth-order valence-electron chi connectivity index (χ4n) is 3.37. The molecule has 0 spiro atoms. The summed E-state index contributed by atoms with van der Waals surface area (Å²) in [6.45, 7) is 4.06. The van der Waals surface area contributed by atoms with Gasteiger partial charge in [-0.15, -0.1) is 0 Å². The summed E-state index contributed by atoms with van der Waals surface area (Å²) in [4.78, 5) is -1.95. The molecule has 0 fully saturated rings. The maximum atomic E-state index is 11.3. The van der Waals surface area contributed by atoms with E-state index >= 15 is 0 Å². The summed E-state index contributed by atoms with van der Waals surface area (Å²) in [5, 5.41) is 10.1.